The SMILES string of the molecule is CCC1CNC2(CCCC2)CN1CCN1CCSCC1. The first-order valence-electron chi connectivity index (χ1n) is 8.60. The molecule has 1 N–H and O–H groups in total. The maximum absolute atomic E-state index is 3.90. The van der Waals surface area contributed by atoms with E-state index < -0.39 is 0 Å². The molecule has 3 rings (SSSR count). The highest BCUT2D eigenvalue weighted by Gasteiger charge is 2.40. The van der Waals surface area contributed by atoms with Crippen molar-refractivity contribution in [3.63, 3.8) is 0 Å². The van der Waals surface area contributed by atoms with Gasteiger partial charge >= 0.3 is 0 Å². The van der Waals surface area contributed by atoms with Gasteiger partial charge in [0.2, 0.25) is 0 Å². The fourth-order valence-electron chi connectivity index (χ4n) is 4.18. The van der Waals surface area contributed by atoms with Crippen LogP contribution in [-0.2, 0) is 0 Å². The van der Waals surface area contributed by atoms with Crippen molar-refractivity contribution >= 4 is 11.8 Å². The first-order chi connectivity index (χ1) is 9.81. The fourth-order valence-corrected chi connectivity index (χ4v) is 5.16. The van der Waals surface area contributed by atoms with Crippen molar-refractivity contribution in [3.05, 3.63) is 0 Å². The highest BCUT2D eigenvalue weighted by molar-refractivity contribution is 7.99. The molecular weight excluding hydrogens is 266 g/mol. The van der Waals surface area contributed by atoms with Crippen molar-refractivity contribution in [2.45, 2.75) is 50.6 Å². The van der Waals surface area contributed by atoms with E-state index in [9.17, 15) is 0 Å². The maximum Gasteiger partial charge on any atom is 0.0309 e. The first kappa shape index (κ1) is 15.1. The van der Waals surface area contributed by atoms with Gasteiger partial charge in [-0.05, 0) is 19.3 Å². The van der Waals surface area contributed by atoms with E-state index in [2.05, 4.69) is 33.8 Å². The van der Waals surface area contributed by atoms with E-state index in [1.165, 1.54) is 82.9 Å². The van der Waals surface area contributed by atoms with Gasteiger partial charge in [0.1, 0.15) is 0 Å². The Labute approximate surface area is 128 Å². The molecule has 116 valence electrons. The van der Waals surface area contributed by atoms with Gasteiger partial charge in [-0.15, -0.1) is 0 Å². The Morgan fingerprint density at radius 3 is 2.60 bits per heavy atom. The Morgan fingerprint density at radius 2 is 1.90 bits per heavy atom. The van der Waals surface area contributed by atoms with E-state index in [1.54, 1.807) is 0 Å². The summed E-state index contributed by atoms with van der Waals surface area (Å²) in [6, 6.07) is 0.764. The smallest absolute Gasteiger partial charge is 0.0309 e. The molecule has 0 aromatic rings. The maximum atomic E-state index is 3.90. The minimum atomic E-state index is 0.476. The second kappa shape index (κ2) is 6.99. The first-order valence-corrected chi connectivity index (χ1v) is 9.76. The van der Waals surface area contributed by atoms with E-state index >= 15 is 0 Å². The minimum absolute atomic E-state index is 0.476. The molecule has 1 atom stereocenters. The topological polar surface area (TPSA) is 18.5 Å². The summed E-state index contributed by atoms with van der Waals surface area (Å²) in [5, 5.41) is 3.90. The Bertz CT molecular complexity index is 298. The molecule has 1 unspecified atom stereocenters. The summed E-state index contributed by atoms with van der Waals surface area (Å²) in [6.07, 6.45) is 6.96. The number of piperazine rings is 1. The number of rotatable bonds is 4. The Hall–Kier alpha value is 0.230. The third kappa shape index (κ3) is 3.52. The van der Waals surface area contributed by atoms with Crippen LogP contribution < -0.4 is 5.32 Å². The molecule has 2 saturated heterocycles. The van der Waals surface area contributed by atoms with Crippen LogP contribution in [0.1, 0.15) is 39.0 Å². The third-order valence-electron chi connectivity index (χ3n) is 5.57. The van der Waals surface area contributed by atoms with Gasteiger partial charge in [0, 0.05) is 62.4 Å². The van der Waals surface area contributed by atoms with Gasteiger partial charge in [-0.1, -0.05) is 19.8 Å². The lowest BCUT2D eigenvalue weighted by Gasteiger charge is -2.47. The summed E-state index contributed by atoms with van der Waals surface area (Å²) in [6.45, 7) is 10.0. The van der Waals surface area contributed by atoms with E-state index in [0.717, 1.165) is 6.04 Å². The highest BCUT2D eigenvalue weighted by atomic mass is 32.2. The average Bonchev–Trinajstić information content (AvgIpc) is 2.94. The normalized spacial score (nSPS) is 31.9. The monoisotopic (exact) mass is 297 g/mol. The zero-order valence-electron chi connectivity index (χ0n) is 13.1. The number of thioether (sulfide) groups is 1. The van der Waals surface area contributed by atoms with Crippen LogP contribution in [0, 0.1) is 0 Å². The van der Waals surface area contributed by atoms with E-state index in [-0.39, 0.29) is 0 Å². The van der Waals surface area contributed by atoms with Crippen molar-refractivity contribution in [2.75, 3.05) is 50.8 Å². The highest BCUT2D eigenvalue weighted by Crippen LogP contribution is 2.33. The van der Waals surface area contributed by atoms with Crippen molar-refractivity contribution in [1.29, 1.82) is 0 Å². The molecule has 1 saturated carbocycles. The minimum Gasteiger partial charge on any atom is -0.308 e. The Kier molecular flexibility index (Phi) is 5.29. The van der Waals surface area contributed by atoms with Crippen LogP contribution in [0.25, 0.3) is 0 Å². The lowest BCUT2D eigenvalue weighted by molar-refractivity contribution is 0.0689. The van der Waals surface area contributed by atoms with Gasteiger partial charge in [0.25, 0.3) is 0 Å². The quantitative estimate of drug-likeness (QED) is 0.855. The number of nitrogens with one attached hydrogen (secondary N) is 1. The molecule has 2 aliphatic heterocycles. The molecule has 1 spiro atoms. The largest absolute Gasteiger partial charge is 0.308 e. The van der Waals surface area contributed by atoms with Gasteiger partial charge in [-0.2, -0.15) is 11.8 Å². The van der Waals surface area contributed by atoms with Crippen LogP contribution in [0.5, 0.6) is 0 Å². The van der Waals surface area contributed by atoms with Crippen LogP contribution in [0.4, 0.5) is 0 Å². The zero-order chi connectivity index (χ0) is 13.8. The summed E-state index contributed by atoms with van der Waals surface area (Å²) < 4.78 is 0. The van der Waals surface area contributed by atoms with Gasteiger partial charge in [-0.3, -0.25) is 4.90 Å². The van der Waals surface area contributed by atoms with Crippen molar-refractivity contribution in [3.8, 4) is 0 Å². The standard InChI is InChI=1S/C16H31N3S/c1-2-15-13-17-16(5-3-4-6-16)14-19(15)8-7-18-9-11-20-12-10-18/h15,17H,2-14H2,1H3. The second-order valence-electron chi connectivity index (χ2n) is 6.85. The van der Waals surface area contributed by atoms with E-state index in [4.69, 9.17) is 0 Å². The number of hydrogen-bond donors (Lipinski definition) is 1. The second-order valence-corrected chi connectivity index (χ2v) is 8.08. The number of hydrogen-bond acceptors (Lipinski definition) is 4. The van der Waals surface area contributed by atoms with Crippen molar-refractivity contribution in [2.24, 2.45) is 0 Å². The zero-order valence-corrected chi connectivity index (χ0v) is 13.9. The molecule has 0 bridgehead atoms. The fraction of sp³-hybridized carbons (Fsp3) is 1.00. The van der Waals surface area contributed by atoms with Crippen LogP contribution in [0.2, 0.25) is 0 Å². The van der Waals surface area contributed by atoms with Crippen LogP contribution in [-0.4, -0.2) is 72.2 Å². The predicted octanol–water partition coefficient (Wildman–Crippen LogP) is 2.03. The van der Waals surface area contributed by atoms with E-state index in [1.807, 2.05) is 0 Å². The van der Waals surface area contributed by atoms with Crippen LogP contribution in [0.3, 0.4) is 0 Å². The molecule has 3 aliphatic rings. The molecule has 0 amide bonds. The summed E-state index contributed by atoms with van der Waals surface area (Å²) >= 11 is 2.12. The summed E-state index contributed by atoms with van der Waals surface area (Å²) in [4.78, 5) is 5.48. The van der Waals surface area contributed by atoms with Gasteiger partial charge in [0.15, 0.2) is 0 Å². The third-order valence-corrected chi connectivity index (χ3v) is 6.52. The molecule has 3 fully saturated rings. The summed E-state index contributed by atoms with van der Waals surface area (Å²) in [5.74, 6) is 2.67. The molecule has 1 aliphatic carbocycles. The number of nitrogens with zero attached hydrogens (tertiary/aromatic N) is 2. The predicted molar refractivity (Wildman–Crippen MR) is 88.6 cm³/mol. The van der Waals surface area contributed by atoms with E-state index in [0.29, 0.717) is 5.54 Å². The summed E-state index contributed by atoms with van der Waals surface area (Å²) in [5.41, 5.74) is 0.476. The molecule has 0 radical (unpaired) electrons. The molecular formula is C16H31N3S. The molecule has 3 nitrogen and oxygen atoms in total. The van der Waals surface area contributed by atoms with Crippen molar-refractivity contribution in [1.82, 2.24) is 15.1 Å². The summed E-state index contributed by atoms with van der Waals surface area (Å²) in [7, 11) is 0. The Morgan fingerprint density at radius 1 is 1.15 bits per heavy atom. The molecule has 0 aromatic heterocycles. The lowest BCUT2D eigenvalue weighted by atomic mass is 9.91. The lowest BCUT2D eigenvalue weighted by Crippen LogP contribution is -2.63. The average molecular weight is 298 g/mol. The van der Waals surface area contributed by atoms with Gasteiger partial charge in [0.05, 0.1) is 0 Å². The van der Waals surface area contributed by atoms with Gasteiger partial charge < -0.3 is 10.2 Å². The molecule has 4 heteroatoms. The van der Waals surface area contributed by atoms with Crippen LogP contribution >= 0.6 is 11.8 Å². The molecule has 20 heavy (non-hydrogen) atoms. The molecule has 2 heterocycles. The molecule has 0 aromatic carbocycles. The van der Waals surface area contributed by atoms with Crippen LogP contribution in [0.15, 0.2) is 0 Å². The van der Waals surface area contributed by atoms with Crippen molar-refractivity contribution < 1.29 is 0 Å². The Balaban J connectivity index is 1.53. The van der Waals surface area contributed by atoms with Gasteiger partial charge in [-0.25, -0.2) is 0 Å².